The highest BCUT2D eigenvalue weighted by molar-refractivity contribution is 9.10. The van der Waals surface area contributed by atoms with Crippen molar-refractivity contribution in [2.45, 2.75) is 20.0 Å². The Morgan fingerprint density at radius 3 is 2.76 bits per heavy atom. The number of hydrogen-bond donors (Lipinski definition) is 0. The summed E-state index contributed by atoms with van der Waals surface area (Å²) in [4.78, 5) is 18.6. The first-order valence-corrected chi connectivity index (χ1v) is 15.5. The summed E-state index contributed by atoms with van der Waals surface area (Å²) in [7, 11) is 0. The van der Waals surface area contributed by atoms with Crippen LogP contribution in [0.1, 0.15) is 23.6 Å². The monoisotopic (exact) mass is 677 g/mol. The van der Waals surface area contributed by atoms with Gasteiger partial charge in [-0.2, -0.15) is 9.78 Å². The molecule has 0 bridgehead atoms. The van der Waals surface area contributed by atoms with Crippen molar-refractivity contribution in [3.05, 3.63) is 123 Å². The molecule has 1 aliphatic rings. The number of nitrogens with zero attached hydrogens (tertiary/aromatic N) is 3. The lowest BCUT2D eigenvalue weighted by molar-refractivity contribution is 0.174. The number of allylic oxidation sites excluding steroid dienone is 1. The molecule has 10 heteroatoms. The first-order chi connectivity index (χ1) is 22.5. The summed E-state index contributed by atoms with van der Waals surface area (Å²) < 4.78 is 31.6. The molecule has 0 aliphatic carbocycles. The molecule has 3 heterocycles. The number of furan rings is 1. The summed E-state index contributed by atoms with van der Waals surface area (Å²) in [6.45, 7) is 6.77. The maximum Gasteiger partial charge on any atom is 0.282 e. The molecule has 9 nitrogen and oxygen atoms in total. The summed E-state index contributed by atoms with van der Waals surface area (Å²) in [5.74, 6) is 3.27. The van der Waals surface area contributed by atoms with Gasteiger partial charge in [0.15, 0.2) is 28.8 Å². The first-order valence-electron chi connectivity index (χ1n) is 14.7. The van der Waals surface area contributed by atoms with Crippen molar-refractivity contribution in [1.29, 1.82) is 0 Å². The van der Waals surface area contributed by atoms with Crippen molar-refractivity contribution >= 4 is 44.0 Å². The van der Waals surface area contributed by atoms with Crippen molar-refractivity contribution in [2.75, 3.05) is 13.4 Å². The molecule has 0 spiro atoms. The number of halogens is 1. The van der Waals surface area contributed by atoms with E-state index in [2.05, 4.69) is 27.6 Å². The summed E-state index contributed by atoms with van der Waals surface area (Å²) in [6, 6.07) is 24.2. The molecule has 0 fully saturated rings. The minimum atomic E-state index is -0.321. The predicted molar refractivity (Wildman–Crippen MR) is 180 cm³/mol. The molecular weight excluding hydrogens is 650 g/mol. The fourth-order valence-corrected chi connectivity index (χ4v) is 5.70. The van der Waals surface area contributed by atoms with Crippen molar-refractivity contribution in [3.63, 3.8) is 0 Å². The molecular formula is C36H28BrN3O6. The number of ether oxygens (including phenoxy) is 4. The lowest BCUT2D eigenvalue weighted by Gasteiger charge is -2.17. The highest BCUT2D eigenvalue weighted by Crippen LogP contribution is 2.36. The molecule has 0 saturated heterocycles. The van der Waals surface area contributed by atoms with Crippen LogP contribution in [0.4, 0.5) is 0 Å². The van der Waals surface area contributed by atoms with Gasteiger partial charge in [0.05, 0.1) is 23.7 Å². The molecule has 6 aromatic rings. The Bertz CT molecular complexity index is 2200. The van der Waals surface area contributed by atoms with Crippen molar-refractivity contribution in [2.24, 2.45) is 5.10 Å². The summed E-state index contributed by atoms with van der Waals surface area (Å²) >= 11 is 3.51. The molecule has 0 unspecified atom stereocenters. The van der Waals surface area contributed by atoms with E-state index < -0.39 is 0 Å². The molecule has 0 atom stereocenters. The smallest absolute Gasteiger partial charge is 0.282 e. The zero-order chi connectivity index (χ0) is 31.6. The molecule has 0 saturated carbocycles. The van der Waals surface area contributed by atoms with Crippen LogP contribution in [0.3, 0.4) is 0 Å². The van der Waals surface area contributed by atoms with E-state index in [9.17, 15) is 4.79 Å². The largest absolute Gasteiger partial charge is 0.490 e. The average molecular weight is 679 g/mol. The highest BCUT2D eigenvalue weighted by Gasteiger charge is 2.19. The molecule has 2 aromatic heterocycles. The molecule has 0 radical (unpaired) electrons. The predicted octanol–water partition coefficient (Wildman–Crippen LogP) is 7.89. The Balaban J connectivity index is 1.28. The second kappa shape index (κ2) is 12.6. The van der Waals surface area contributed by atoms with Gasteiger partial charge in [-0.3, -0.25) is 4.79 Å². The van der Waals surface area contributed by atoms with Gasteiger partial charge >= 0.3 is 0 Å². The Hall–Kier alpha value is -5.35. The molecule has 0 amide bonds. The molecule has 230 valence electrons. The van der Waals surface area contributed by atoms with E-state index in [0.717, 1.165) is 21.0 Å². The number of rotatable bonds is 10. The van der Waals surface area contributed by atoms with Crippen LogP contribution in [-0.2, 0) is 13.0 Å². The Morgan fingerprint density at radius 2 is 1.89 bits per heavy atom. The third-order valence-electron chi connectivity index (χ3n) is 7.41. The SMILES string of the molecule is C=CCc1cc(C=Nn2c(-c3cc4cc(Br)ccc4o3)nc3ccccc3c2=O)cc(OCC)c1OCc1ccc2c(c1)OCO2. The number of fused-ring (bicyclic) bond motifs is 3. The van der Waals surface area contributed by atoms with Crippen LogP contribution in [0.15, 0.2) is 110 Å². The minimum absolute atomic E-state index is 0.208. The first kappa shape index (κ1) is 29.4. The van der Waals surface area contributed by atoms with E-state index >= 15 is 0 Å². The quantitative estimate of drug-likeness (QED) is 0.107. The minimum Gasteiger partial charge on any atom is -0.490 e. The van der Waals surface area contributed by atoms with Crippen LogP contribution in [-0.4, -0.2) is 29.3 Å². The van der Waals surface area contributed by atoms with Crippen molar-refractivity contribution in [3.8, 4) is 34.6 Å². The Morgan fingerprint density at radius 1 is 1.02 bits per heavy atom. The molecule has 1 aliphatic heterocycles. The van der Waals surface area contributed by atoms with E-state index in [1.807, 2.05) is 67.6 Å². The fraction of sp³-hybridized carbons (Fsp3) is 0.139. The van der Waals surface area contributed by atoms with E-state index in [-0.39, 0.29) is 18.2 Å². The van der Waals surface area contributed by atoms with Crippen LogP contribution >= 0.6 is 15.9 Å². The van der Waals surface area contributed by atoms with Gasteiger partial charge < -0.3 is 23.4 Å². The van der Waals surface area contributed by atoms with Crippen LogP contribution in [0.5, 0.6) is 23.0 Å². The Labute approximate surface area is 272 Å². The summed E-state index contributed by atoms with van der Waals surface area (Å²) in [5, 5.41) is 5.96. The van der Waals surface area contributed by atoms with Crippen LogP contribution in [0.25, 0.3) is 33.5 Å². The van der Waals surface area contributed by atoms with Crippen LogP contribution in [0, 0.1) is 0 Å². The number of benzene rings is 4. The molecule has 46 heavy (non-hydrogen) atoms. The highest BCUT2D eigenvalue weighted by atomic mass is 79.9. The maximum atomic E-state index is 13.8. The van der Waals surface area contributed by atoms with Gasteiger partial charge in [0, 0.05) is 15.4 Å². The van der Waals surface area contributed by atoms with E-state index in [0.29, 0.717) is 70.4 Å². The zero-order valence-electron chi connectivity index (χ0n) is 24.9. The number of para-hydroxylation sites is 1. The standard InChI is InChI=1S/C36H28BrN3O6/c1-3-7-24-14-23(16-32(42-4-2)34(24)43-20-22-10-12-30-31(15-22)45-21-44-30)19-38-40-35(39-28-9-6-5-8-27(28)36(40)41)33-18-25-17-26(37)11-13-29(25)46-33/h3,5-6,8-19H,1,4,7,20-21H2,2H3. The van der Waals surface area contributed by atoms with E-state index in [1.165, 1.54) is 4.68 Å². The molecule has 0 N–H and O–H groups in total. The topological polar surface area (TPSA) is 97.3 Å². The van der Waals surface area contributed by atoms with Gasteiger partial charge in [0.2, 0.25) is 12.6 Å². The van der Waals surface area contributed by atoms with Crippen molar-refractivity contribution < 1.29 is 23.4 Å². The number of hydrogen-bond acceptors (Lipinski definition) is 8. The van der Waals surface area contributed by atoms with Crippen molar-refractivity contribution in [1.82, 2.24) is 9.66 Å². The van der Waals surface area contributed by atoms with E-state index in [1.54, 1.807) is 30.5 Å². The summed E-state index contributed by atoms with van der Waals surface area (Å²) in [6.07, 6.45) is 3.93. The van der Waals surface area contributed by atoms with Gasteiger partial charge in [-0.1, -0.05) is 40.2 Å². The second-order valence-corrected chi connectivity index (χ2v) is 11.4. The second-order valence-electron chi connectivity index (χ2n) is 10.5. The number of aromatic nitrogens is 2. The van der Waals surface area contributed by atoms with E-state index in [4.69, 9.17) is 28.3 Å². The third kappa shape index (κ3) is 5.75. The van der Waals surface area contributed by atoms with Gasteiger partial charge in [0.25, 0.3) is 5.56 Å². The van der Waals surface area contributed by atoms with Gasteiger partial charge in [-0.05, 0) is 85.1 Å². The Kier molecular flexibility index (Phi) is 8.02. The molecule has 4 aromatic carbocycles. The van der Waals surface area contributed by atoms with Crippen LogP contribution in [0.2, 0.25) is 0 Å². The lowest BCUT2D eigenvalue weighted by Crippen LogP contribution is -2.20. The lowest BCUT2D eigenvalue weighted by atomic mass is 10.1. The van der Waals surface area contributed by atoms with Crippen LogP contribution < -0.4 is 24.5 Å². The zero-order valence-corrected chi connectivity index (χ0v) is 26.5. The average Bonchev–Trinajstić information content (AvgIpc) is 3.71. The third-order valence-corrected chi connectivity index (χ3v) is 7.91. The van der Waals surface area contributed by atoms with Gasteiger partial charge in [0.1, 0.15) is 12.2 Å². The normalized spacial score (nSPS) is 12.3. The van der Waals surface area contributed by atoms with Gasteiger partial charge in [-0.25, -0.2) is 4.98 Å². The van der Waals surface area contributed by atoms with Gasteiger partial charge in [-0.15, -0.1) is 6.58 Å². The molecule has 7 rings (SSSR count). The fourth-order valence-electron chi connectivity index (χ4n) is 5.32. The summed E-state index contributed by atoms with van der Waals surface area (Å²) in [5.41, 5.74) is 3.38. The maximum absolute atomic E-state index is 13.8.